The Morgan fingerprint density at radius 3 is 1.41 bits per heavy atom. The molecule has 1 heterocycles. The van der Waals surface area contributed by atoms with Crippen molar-refractivity contribution in [3.8, 4) is 0 Å². The third kappa shape index (κ3) is 8.60. The smallest absolute Gasteiger partial charge is 0.192 e. The molecule has 0 radical (unpaired) electrons. The minimum absolute atomic E-state index is 0.0251. The van der Waals surface area contributed by atoms with E-state index in [1.807, 2.05) is 18.2 Å². The van der Waals surface area contributed by atoms with E-state index in [1.54, 1.807) is 0 Å². The zero-order valence-corrected chi connectivity index (χ0v) is 31.0. The monoisotopic (exact) mass is 596 g/mol. The predicted octanol–water partition coefficient (Wildman–Crippen LogP) is 9.12. The molecule has 0 N–H and O–H groups in total. The maximum Gasteiger partial charge on any atom is 0.192 e. The van der Waals surface area contributed by atoms with E-state index in [2.05, 4.69) is 121 Å². The minimum atomic E-state index is -2.22. The van der Waals surface area contributed by atoms with Crippen LogP contribution in [0.5, 0.6) is 0 Å². The summed E-state index contributed by atoms with van der Waals surface area (Å²) in [6, 6.07) is 10.3. The van der Waals surface area contributed by atoms with Crippen LogP contribution in [0.15, 0.2) is 30.3 Å². The van der Waals surface area contributed by atoms with Crippen LogP contribution in [0.2, 0.25) is 54.4 Å². The van der Waals surface area contributed by atoms with Crippen molar-refractivity contribution >= 4 is 25.0 Å². The van der Waals surface area contributed by atoms with Gasteiger partial charge in [-0.25, -0.2) is 0 Å². The van der Waals surface area contributed by atoms with Gasteiger partial charge in [-0.15, -0.1) is 0 Å². The summed E-state index contributed by atoms with van der Waals surface area (Å²) in [7, 11) is -6.57. The Morgan fingerprint density at radius 2 is 1.00 bits per heavy atom. The molecule has 39 heavy (non-hydrogen) atoms. The minimum Gasteiger partial charge on any atom is -0.409 e. The molecule has 226 valence electrons. The fourth-order valence-corrected chi connectivity index (χ4v) is 7.77. The standard InChI is InChI=1S/C31H60O5Si3/c1-23-25(34-37(11,12)29(2,3)4)26(35-38(13,14)30(5,6)7)27(36-39(15,16)31(8,9)10)28(33-23)32-22-24-20-18-17-19-21-24/h17-21,23,25-28H,22H2,1-16H3/t23-,25+,26+,27-,28+/m0/s1. The molecule has 8 heteroatoms. The predicted molar refractivity (Wildman–Crippen MR) is 172 cm³/mol. The highest BCUT2D eigenvalue weighted by Gasteiger charge is 2.55. The van der Waals surface area contributed by atoms with Crippen LogP contribution in [0.4, 0.5) is 0 Å². The summed E-state index contributed by atoms with van der Waals surface area (Å²) in [5, 5.41) is 0.125. The molecule has 0 aromatic heterocycles. The second kappa shape index (κ2) is 12.1. The molecule has 1 aromatic rings. The van der Waals surface area contributed by atoms with Gasteiger partial charge in [0.25, 0.3) is 0 Å². The third-order valence-electron chi connectivity index (χ3n) is 9.70. The van der Waals surface area contributed by atoms with Gasteiger partial charge in [-0.1, -0.05) is 92.6 Å². The highest BCUT2D eigenvalue weighted by Crippen LogP contribution is 2.46. The average molecular weight is 597 g/mol. The zero-order valence-electron chi connectivity index (χ0n) is 28.0. The van der Waals surface area contributed by atoms with E-state index in [9.17, 15) is 0 Å². The number of ether oxygens (including phenoxy) is 2. The molecule has 0 bridgehead atoms. The van der Waals surface area contributed by atoms with Gasteiger partial charge in [-0.05, 0) is 66.9 Å². The molecule has 0 spiro atoms. The van der Waals surface area contributed by atoms with Gasteiger partial charge in [-0.2, -0.15) is 0 Å². The van der Waals surface area contributed by atoms with E-state index in [1.165, 1.54) is 0 Å². The molecule has 0 saturated carbocycles. The zero-order chi connectivity index (χ0) is 30.2. The lowest BCUT2D eigenvalue weighted by molar-refractivity contribution is -0.287. The van der Waals surface area contributed by atoms with Crippen molar-refractivity contribution in [3.63, 3.8) is 0 Å². The maximum absolute atomic E-state index is 7.31. The lowest BCUT2D eigenvalue weighted by atomic mass is 10.00. The first-order valence-corrected chi connectivity index (χ1v) is 23.5. The van der Waals surface area contributed by atoms with Crippen LogP contribution in [0.25, 0.3) is 0 Å². The summed E-state index contributed by atoms with van der Waals surface area (Å²) in [5.74, 6) is 0. The van der Waals surface area contributed by atoms with Crippen molar-refractivity contribution < 1.29 is 22.8 Å². The maximum atomic E-state index is 7.31. The highest BCUT2D eigenvalue weighted by molar-refractivity contribution is 6.75. The van der Waals surface area contributed by atoms with Crippen LogP contribution >= 0.6 is 0 Å². The van der Waals surface area contributed by atoms with E-state index in [-0.39, 0.29) is 33.4 Å². The van der Waals surface area contributed by atoms with E-state index < -0.39 is 37.3 Å². The Balaban J connectivity index is 2.61. The summed E-state index contributed by atoms with van der Waals surface area (Å²) >= 11 is 0. The van der Waals surface area contributed by atoms with Gasteiger partial charge in [0.15, 0.2) is 31.2 Å². The SMILES string of the molecule is C[C@@H]1O[C@@H](OCc2ccccc2)[C@@H](O[Si](C)(C)C(C)(C)C)[C@H](O[Si](C)(C)C(C)(C)C)[C@@H]1O[Si](C)(C)C(C)(C)C. The molecule has 5 nitrogen and oxygen atoms in total. The fourth-order valence-electron chi connectivity index (χ4n) is 3.83. The largest absolute Gasteiger partial charge is 0.409 e. The van der Waals surface area contributed by atoms with Gasteiger partial charge in [-0.3, -0.25) is 0 Å². The molecule has 0 aliphatic carbocycles. The van der Waals surface area contributed by atoms with Crippen LogP contribution < -0.4 is 0 Å². The first kappa shape index (κ1) is 34.9. The molecule has 5 atom stereocenters. The second-order valence-corrected chi connectivity index (χ2v) is 30.3. The summed E-state index contributed by atoms with van der Waals surface area (Å²) in [6.45, 7) is 37.0. The summed E-state index contributed by atoms with van der Waals surface area (Å²) in [4.78, 5) is 0. The lowest BCUT2D eigenvalue weighted by Gasteiger charge is -2.54. The van der Waals surface area contributed by atoms with Crippen LogP contribution in [-0.2, 0) is 29.4 Å². The van der Waals surface area contributed by atoms with Gasteiger partial charge < -0.3 is 22.8 Å². The molecule has 0 amide bonds. The molecule has 1 aliphatic rings. The van der Waals surface area contributed by atoms with Crippen molar-refractivity contribution in [2.75, 3.05) is 0 Å². The average Bonchev–Trinajstić information content (AvgIpc) is 2.75. The molecule has 1 aromatic carbocycles. The van der Waals surface area contributed by atoms with Gasteiger partial charge in [0.1, 0.15) is 12.2 Å². The normalized spacial score (nSPS) is 26.1. The quantitative estimate of drug-likeness (QED) is 0.266. The number of benzene rings is 1. The molecule has 0 unspecified atom stereocenters. The van der Waals surface area contributed by atoms with Crippen molar-refractivity contribution in [1.82, 2.24) is 0 Å². The number of hydrogen-bond donors (Lipinski definition) is 0. The summed E-state index contributed by atoms with van der Waals surface area (Å²) in [5.41, 5.74) is 1.11. The van der Waals surface area contributed by atoms with Crippen LogP contribution in [-0.4, -0.2) is 55.7 Å². The Hall–Kier alpha value is -0.329. The van der Waals surface area contributed by atoms with Crippen molar-refractivity contribution in [2.45, 2.75) is 161 Å². The Bertz CT molecular complexity index is 913. The van der Waals surface area contributed by atoms with E-state index >= 15 is 0 Å². The highest BCUT2D eigenvalue weighted by atomic mass is 28.4. The van der Waals surface area contributed by atoms with Gasteiger partial charge in [0.05, 0.1) is 18.8 Å². The van der Waals surface area contributed by atoms with Crippen molar-refractivity contribution in [3.05, 3.63) is 35.9 Å². The molecule has 1 fully saturated rings. The Kier molecular flexibility index (Phi) is 10.8. The molecule has 2 rings (SSSR count). The molecular weight excluding hydrogens is 537 g/mol. The first-order chi connectivity index (χ1) is 17.4. The Morgan fingerprint density at radius 1 is 0.615 bits per heavy atom. The first-order valence-electron chi connectivity index (χ1n) is 14.7. The molecular formula is C31H60O5Si3. The topological polar surface area (TPSA) is 46.2 Å². The van der Waals surface area contributed by atoms with Gasteiger partial charge in [0.2, 0.25) is 0 Å². The van der Waals surface area contributed by atoms with E-state index in [0.717, 1.165) is 5.56 Å². The molecule has 1 saturated heterocycles. The second-order valence-electron chi connectivity index (χ2n) is 16.0. The van der Waals surface area contributed by atoms with Gasteiger partial charge >= 0.3 is 0 Å². The number of rotatable bonds is 9. The van der Waals surface area contributed by atoms with Crippen molar-refractivity contribution in [2.24, 2.45) is 0 Å². The summed E-state index contributed by atoms with van der Waals surface area (Å²) in [6.07, 6.45) is -1.68. The third-order valence-corrected chi connectivity index (χ3v) is 23.1. The van der Waals surface area contributed by atoms with Crippen LogP contribution in [0, 0.1) is 0 Å². The summed E-state index contributed by atoms with van der Waals surface area (Å²) < 4.78 is 34.9. The Labute approximate surface area is 244 Å². The van der Waals surface area contributed by atoms with Crippen molar-refractivity contribution in [1.29, 1.82) is 0 Å². The van der Waals surface area contributed by atoms with E-state index in [0.29, 0.717) is 6.61 Å². The van der Waals surface area contributed by atoms with E-state index in [4.69, 9.17) is 22.8 Å². The fraction of sp³-hybridized carbons (Fsp3) is 0.806. The number of hydrogen-bond acceptors (Lipinski definition) is 5. The lowest BCUT2D eigenvalue weighted by Crippen LogP contribution is -2.67. The van der Waals surface area contributed by atoms with Gasteiger partial charge in [0, 0.05) is 0 Å². The molecule has 1 aliphatic heterocycles. The van der Waals surface area contributed by atoms with Crippen LogP contribution in [0.1, 0.15) is 74.8 Å². The van der Waals surface area contributed by atoms with Crippen LogP contribution in [0.3, 0.4) is 0 Å².